The summed E-state index contributed by atoms with van der Waals surface area (Å²) in [6, 6.07) is 14.5. The number of benzene rings is 2. The van der Waals surface area contributed by atoms with Crippen molar-refractivity contribution in [3.05, 3.63) is 106 Å². The number of nitrogens with zero attached hydrogens (tertiary/aromatic N) is 4. The van der Waals surface area contributed by atoms with Crippen LogP contribution in [0.3, 0.4) is 0 Å². The van der Waals surface area contributed by atoms with Gasteiger partial charge in [-0.3, -0.25) is 9.48 Å². The third-order valence-electron chi connectivity index (χ3n) is 4.78. The molecule has 0 aliphatic rings. The van der Waals surface area contributed by atoms with E-state index >= 15 is 0 Å². The van der Waals surface area contributed by atoms with Crippen molar-refractivity contribution in [2.45, 2.75) is 12.6 Å². The molecule has 6 nitrogen and oxygen atoms in total. The largest absolute Gasteiger partial charge is 0.338 e. The van der Waals surface area contributed by atoms with Crippen molar-refractivity contribution >= 4 is 29.1 Å². The van der Waals surface area contributed by atoms with E-state index in [1.54, 1.807) is 35.4 Å². The molecule has 1 atom stereocenters. The molecule has 2 aromatic carbocycles. The van der Waals surface area contributed by atoms with Gasteiger partial charge >= 0.3 is 0 Å². The monoisotopic (exact) mass is 439 g/mol. The van der Waals surface area contributed by atoms with Gasteiger partial charge in [-0.25, -0.2) is 4.98 Å². The van der Waals surface area contributed by atoms with Crippen molar-refractivity contribution in [1.82, 2.24) is 24.6 Å². The van der Waals surface area contributed by atoms with Crippen LogP contribution in [0.1, 0.15) is 33.4 Å². The normalized spacial score (nSPS) is 12.0. The molecule has 0 unspecified atom stereocenters. The van der Waals surface area contributed by atoms with Crippen molar-refractivity contribution in [3.63, 3.8) is 0 Å². The summed E-state index contributed by atoms with van der Waals surface area (Å²) in [6.07, 6.45) is 6.79. The summed E-state index contributed by atoms with van der Waals surface area (Å²) in [4.78, 5) is 17.4. The van der Waals surface area contributed by atoms with Crippen LogP contribution in [-0.4, -0.2) is 25.2 Å². The van der Waals surface area contributed by atoms with Crippen molar-refractivity contribution < 1.29 is 4.79 Å². The molecule has 0 spiro atoms. The van der Waals surface area contributed by atoms with Gasteiger partial charge in [0.15, 0.2) is 0 Å². The molecular weight excluding hydrogens is 421 g/mol. The van der Waals surface area contributed by atoms with Crippen LogP contribution in [0.4, 0.5) is 0 Å². The van der Waals surface area contributed by atoms with Gasteiger partial charge in [0.1, 0.15) is 11.9 Å². The second-order valence-electron chi connectivity index (χ2n) is 6.87. The highest BCUT2D eigenvalue weighted by atomic mass is 35.5. The first-order chi connectivity index (χ1) is 14.5. The highest BCUT2D eigenvalue weighted by Gasteiger charge is 2.22. The highest BCUT2D eigenvalue weighted by Crippen LogP contribution is 2.23. The fraction of sp³-hybridized carbons (Fsp3) is 0.136. The van der Waals surface area contributed by atoms with Crippen LogP contribution in [0, 0.1) is 0 Å². The number of carbonyl (C=O) groups excluding carboxylic acids is 1. The number of hydrogen-bond donors (Lipinski definition) is 1. The second-order valence-corrected chi connectivity index (χ2v) is 7.72. The van der Waals surface area contributed by atoms with E-state index in [1.165, 1.54) is 0 Å². The minimum absolute atomic E-state index is 0.247. The van der Waals surface area contributed by atoms with Gasteiger partial charge in [0, 0.05) is 35.7 Å². The molecule has 8 heteroatoms. The fourth-order valence-electron chi connectivity index (χ4n) is 3.19. The number of rotatable bonds is 6. The van der Waals surface area contributed by atoms with Crippen molar-refractivity contribution in [3.8, 4) is 0 Å². The molecule has 4 aromatic rings. The lowest BCUT2D eigenvalue weighted by Crippen LogP contribution is -2.31. The zero-order valence-electron chi connectivity index (χ0n) is 16.2. The van der Waals surface area contributed by atoms with E-state index in [0.717, 1.165) is 11.1 Å². The summed E-state index contributed by atoms with van der Waals surface area (Å²) in [5.41, 5.74) is 2.27. The SMILES string of the molecule is Cn1ccnc1[C@H](NC(=O)c1cnn(Cc2ccccc2Cl)c1)c1ccc(Cl)cc1. The number of carbonyl (C=O) groups is 1. The first-order valence-electron chi connectivity index (χ1n) is 9.30. The van der Waals surface area contributed by atoms with Crippen molar-refractivity contribution in [2.75, 3.05) is 0 Å². The molecule has 4 rings (SSSR count). The molecule has 2 aromatic heterocycles. The van der Waals surface area contributed by atoms with Gasteiger partial charge in [-0.1, -0.05) is 53.5 Å². The van der Waals surface area contributed by atoms with Crippen LogP contribution >= 0.6 is 23.2 Å². The summed E-state index contributed by atoms with van der Waals surface area (Å²) in [7, 11) is 1.89. The van der Waals surface area contributed by atoms with E-state index in [2.05, 4.69) is 15.4 Å². The Labute approximate surface area is 184 Å². The number of aryl methyl sites for hydroxylation is 1. The number of nitrogens with one attached hydrogen (secondary N) is 1. The van der Waals surface area contributed by atoms with E-state index in [9.17, 15) is 4.79 Å². The quantitative estimate of drug-likeness (QED) is 0.481. The molecule has 0 fully saturated rings. The lowest BCUT2D eigenvalue weighted by molar-refractivity contribution is 0.0941. The predicted molar refractivity (Wildman–Crippen MR) is 117 cm³/mol. The van der Waals surface area contributed by atoms with E-state index in [-0.39, 0.29) is 5.91 Å². The maximum atomic E-state index is 13.0. The van der Waals surface area contributed by atoms with E-state index < -0.39 is 6.04 Å². The van der Waals surface area contributed by atoms with Crippen LogP contribution in [0.5, 0.6) is 0 Å². The Bertz CT molecular complexity index is 1170. The zero-order chi connectivity index (χ0) is 21.1. The highest BCUT2D eigenvalue weighted by molar-refractivity contribution is 6.31. The molecule has 2 heterocycles. The lowest BCUT2D eigenvalue weighted by atomic mass is 10.1. The Balaban J connectivity index is 1.56. The summed E-state index contributed by atoms with van der Waals surface area (Å²) >= 11 is 12.2. The molecule has 1 amide bonds. The first kappa shape index (κ1) is 20.2. The number of aromatic nitrogens is 4. The van der Waals surface area contributed by atoms with E-state index in [1.807, 2.05) is 54.2 Å². The standard InChI is InChI=1S/C22H19Cl2N5O/c1-28-11-10-25-21(28)20(15-6-8-18(23)9-7-15)27-22(30)17-12-26-29(14-17)13-16-4-2-3-5-19(16)24/h2-12,14,20H,13H2,1H3,(H,27,30)/t20-/m1/s1. The summed E-state index contributed by atoms with van der Waals surface area (Å²) in [6.45, 7) is 0.479. The third-order valence-corrected chi connectivity index (χ3v) is 5.40. The maximum absolute atomic E-state index is 13.0. The van der Waals surface area contributed by atoms with Crippen LogP contribution in [0.2, 0.25) is 10.0 Å². The van der Waals surface area contributed by atoms with Crippen molar-refractivity contribution in [1.29, 1.82) is 0 Å². The molecule has 0 aliphatic heterocycles. The van der Waals surface area contributed by atoms with Gasteiger partial charge in [-0.2, -0.15) is 5.10 Å². The van der Waals surface area contributed by atoms with Gasteiger partial charge in [0.25, 0.3) is 5.91 Å². The molecule has 152 valence electrons. The van der Waals surface area contributed by atoms with Crippen LogP contribution in [0.25, 0.3) is 0 Å². The van der Waals surface area contributed by atoms with Gasteiger partial charge in [0.2, 0.25) is 0 Å². The van der Waals surface area contributed by atoms with Crippen LogP contribution in [-0.2, 0) is 13.6 Å². The minimum atomic E-state index is -0.429. The number of hydrogen-bond acceptors (Lipinski definition) is 3. The smallest absolute Gasteiger partial charge is 0.255 e. The lowest BCUT2D eigenvalue weighted by Gasteiger charge is -2.19. The van der Waals surface area contributed by atoms with Gasteiger partial charge < -0.3 is 9.88 Å². The number of imidazole rings is 1. The van der Waals surface area contributed by atoms with E-state index in [0.29, 0.717) is 28.0 Å². The Morgan fingerprint density at radius 3 is 2.60 bits per heavy atom. The molecular formula is C22H19Cl2N5O. The molecule has 0 aliphatic carbocycles. The molecule has 1 N–H and O–H groups in total. The first-order valence-corrected chi connectivity index (χ1v) is 10.1. The van der Waals surface area contributed by atoms with Crippen LogP contribution < -0.4 is 5.32 Å². The Morgan fingerprint density at radius 1 is 1.13 bits per heavy atom. The zero-order valence-corrected chi connectivity index (χ0v) is 17.7. The minimum Gasteiger partial charge on any atom is -0.338 e. The Morgan fingerprint density at radius 2 is 1.90 bits per heavy atom. The fourth-order valence-corrected chi connectivity index (χ4v) is 3.51. The number of halogens is 2. The topological polar surface area (TPSA) is 64.7 Å². The number of amides is 1. The Kier molecular flexibility index (Phi) is 5.88. The summed E-state index contributed by atoms with van der Waals surface area (Å²) in [5.74, 6) is 0.470. The van der Waals surface area contributed by atoms with Gasteiger partial charge in [-0.05, 0) is 29.3 Å². The summed E-state index contributed by atoms with van der Waals surface area (Å²) < 4.78 is 3.56. The third kappa shape index (κ3) is 4.40. The van der Waals surface area contributed by atoms with Crippen molar-refractivity contribution in [2.24, 2.45) is 7.05 Å². The molecule has 0 bridgehead atoms. The van der Waals surface area contributed by atoms with Gasteiger partial charge in [0.05, 0.1) is 18.3 Å². The maximum Gasteiger partial charge on any atom is 0.255 e. The Hall–Kier alpha value is -3.09. The predicted octanol–water partition coefficient (Wildman–Crippen LogP) is 4.49. The summed E-state index contributed by atoms with van der Waals surface area (Å²) in [5, 5.41) is 8.65. The molecule has 30 heavy (non-hydrogen) atoms. The van der Waals surface area contributed by atoms with Gasteiger partial charge in [-0.15, -0.1) is 0 Å². The average molecular weight is 440 g/mol. The molecule has 0 saturated heterocycles. The van der Waals surface area contributed by atoms with Crippen LogP contribution in [0.15, 0.2) is 73.3 Å². The second kappa shape index (κ2) is 8.73. The molecule has 0 radical (unpaired) electrons. The molecule has 0 saturated carbocycles. The van der Waals surface area contributed by atoms with E-state index in [4.69, 9.17) is 23.2 Å². The average Bonchev–Trinajstić information content (AvgIpc) is 3.38.